The number of amides is 4. The minimum atomic E-state index is -0.710. The summed E-state index contributed by atoms with van der Waals surface area (Å²) in [6.45, 7) is 0.496. The molecular formula is C22H20N6O4. The lowest BCUT2D eigenvalue weighted by Crippen LogP contribution is -2.25. The molecule has 0 bridgehead atoms. The van der Waals surface area contributed by atoms with Gasteiger partial charge in [-0.1, -0.05) is 36.4 Å². The molecule has 0 spiro atoms. The van der Waals surface area contributed by atoms with Crippen LogP contribution < -0.4 is 22.1 Å². The first-order valence-electron chi connectivity index (χ1n) is 9.51. The lowest BCUT2D eigenvalue weighted by atomic mass is 10.1. The van der Waals surface area contributed by atoms with Gasteiger partial charge in [0, 0.05) is 13.1 Å². The van der Waals surface area contributed by atoms with E-state index in [-0.39, 0.29) is 35.9 Å². The zero-order valence-electron chi connectivity index (χ0n) is 16.9. The fraction of sp³-hybridized carbons (Fsp3) is 0.0909. The van der Waals surface area contributed by atoms with E-state index >= 15 is 0 Å². The summed E-state index contributed by atoms with van der Waals surface area (Å²) < 4.78 is 0. The fourth-order valence-electron chi connectivity index (χ4n) is 2.72. The van der Waals surface area contributed by atoms with Crippen LogP contribution in [0.25, 0.3) is 0 Å². The van der Waals surface area contributed by atoms with Crippen molar-refractivity contribution in [2.45, 2.75) is 13.1 Å². The van der Waals surface area contributed by atoms with Gasteiger partial charge in [-0.2, -0.15) is 0 Å². The Morgan fingerprint density at radius 1 is 0.594 bits per heavy atom. The Morgan fingerprint density at radius 3 is 1.28 bits per heavy atom. The molecule has 0 unspecified atom stereocenters. The molecule has 32 heavy (non-hydrogen) atoms. The van der Waals surface area contributed by atoms with Crippen molar-refractivity contribution in [2.75, 3.05) is 0 Å². The SMILES string of the molecule is NC(=O)c1cccc(C(=O)NCc2ccc(CNC(=O)c3cccc(C(N)=O)n3)cc2)n1. The zero-order chi connectivity index (χ0) is 23.1. The molecule has 3 rings (SSSR count). The van der Waals surface area contributed by atoms with Crippen molar-refractivity contribution in [1.82, 2.24) is 20.6 Å². The predicted octanol–water partition coefficient (Wildman–Crippen LogP) is 0.534. The predicted molar refractivity (Wildman–Crippen MR) is 114 cm³/mol. The number of carbonyl (C=O) groups is 4. The summed E-state index contributed by atoms with van der Waals surface area (Å²) in [7, 11) is 0. The molecule has 2 aromatic heterocycles. The van der Waals surface area contributed by atoms with E-state index in [1.165, 1.54) is 36.4 Å². The molecule has 0 atom stereocenters. The number of hydrogen-bond acceptors (Lipinski definition) is 6. The molecule has 0 saturated heterocycles. The van der Waals surface area contributed by atoms with Crippen molar-refractivity contribution in [1.29, 1.82) is 0 Å². The molecule has 1 aromatic carbocycles. The van der Waals surface area contributed by atoms with Gasteiger partial charge in [0.25, 0.3) is 23.6 Å². The van der Waals surface area contributed by atoms with Crippen molar-refractivity contribution in [3.8, 4) is 0 Å². The van der Waals surface area contributed by atoms with E-state index in [2.05, 4.69) is 20.6 Å². The summed E-state index contributed by atoms with van der Waals surface area (Å²) in [5.41, 5.74) is 12.2. The summed E-state index contributed by atoms with van der Waals surface area (Å²) in [6.07, 6.45) is 0. The number of pyridine rings is 2. The summed E-state index contributed by atoms with van der Waals surface area (Å²) in [6, 6.07) is 16.1. The van der Waals surface area contributed by atoms with Crippen LogP contribution in [-0.4, -0.2) is 33.6 Å². The van der Waals surface area contributed by atoms with Crippen molar-refractivity contribution < 1.29 is 19.2 Å². The molecule has 0 aliphatic rings. The Kier molecular flexibility index (Phi) is 6.86. The second-order valence-corrected chi connectivity index (χ2v) is 6.73. The van der Waals surface area contributed by atoms with Gasteiger partial charge >= 0.3 is 0 Å². The lowest BCUT2D eigenvalue weighted by Gasteiger charge is -2.08. The van der Waals surface area contributed by atoms with Gasteiger partial charge in [-0.25, -0.2) is 9.97 Å². The third kappa shape index (κ3) is 5.72. The van der Waals surface area contributed by atoms with Gasteiger partial charge in [0.05, 0.1) is 0 Å². The Bertz CT molecular complexity index is 1080. The first kappa shape index (κ1) is 22.1. The number of rotatable bonds is 8. The molecule has 0 saturated carbocycles. The number of carbonyl (C=O) groups excluding carboxylic acids is 4. The normalized spacial score (nSPS) is 10.2. The van der Waals surface area contributed by atoms with Gasteiger partial charge in [-0.3, -0.25) is 19.2 Å². The van der Waals surface area contributed by atoms with E-state index in [4.69, 9.17) is 11.5 Å². The molecule has 0 aliphatic carbocycles. The number of nitrogens with zero attached hydrogens (tertiary/aromatic N) is 2. The van der Waals surface area contributed by atoms with E-state index in [1.807, 2.05) is 0 Å². The van der Waals surface area contributed by atoms with Crippen molar-refractivity contribution in [3.05, 3.63) is 94.6 Å². The van der Waals surface area contributed by atoms with Crippen LogP contribution in [0.2, 0.25) is 0 Å². The van der Waals surface area contributed by atoms with Crippen LogP contribution in [0, 0.1) is 0 Å². The van der Waals surface area contributed by atoms with Crippen LogP contribution in [0.3, 0.4) is 0 Å². The van der Waals surface area contributed by atoms with Gasteiger partial charge in [-0.15, -0.1) is 0 Å². The summed E-state index contributed by atoms with van der Waals surface area (Å²) >= 11 is 0. The molecule has 0 radical (unpaired) electrons. The molecule has 4 amide bonds. The van der Waals surface area contributed by atoms with Crippen molar-refractivity contribution >= 4 is 23.6 Å². The average molecular weight is 432 g/mol. The Hall–Kier alpha value is -4.60. The number of nitrogens with two attached hydrogens (primary N) is 2. The molecule has 6 N–H and O–H groups in total. The van der Waals surface area contributed by atoms with E-state index in [0.29, 0.717) is 0 Å². The molecule has 2 heterocycles. The number of benzene rings is 1. The van der Waals surface area contributed by atoms with E-state index in [0.717, 1.165) is 11.1 Å². The largest absolute Gasteiger partial charge is 0.364 e. The van der Waals surface area contributed by atoms with E-state index in [9.17, 15) is 19.2 Å². The maximum atomic E-state index is 12.2. The minimum Gasteiger partial charge on any atom is -0.364 e. The van der Waals surface area contributed by atoms with Gasteiger partial charge in [-0.05, 0) is 35.4 Å². The van der Waals surface area contributed by atoms with Crippen LogP contribution >= 0.6 is 0 Å². The number of primary amides is 2. The highest BCUT2D eigenvalue weighted by Crippen LogP contribution is 2.06. The summed E-state index contributed by atoms with van der Waals surface area (Å²) in [5.74, 6) is -2.29. The highest BCUT2D eigenvalue weighted by atomic mass is 16.2. The van der Waals surface area contributed by atoms with Gasteiger partial charge in [0.2, 0.25) is 0 Å². The molecule has 10 heteroatoms. The van der Waals surface area contributed by atoms with E-state index in [1.54, 1.807) is 24.3 Å². The first-order chi connectivity index (χ1) is 15.3. The highest BCUT2D eigenvalue weighted by Gasteiger charge is 2.11. The summed E-state index contributed by atoms with van der Waals surface area (Å²) in [4.78, 5) is 54.7. The van der Waals surface area contributed by atoms with Crippen LogP contribution in [0.4, 0.5) is 0 Å². The molecule has 3 aromatic rings. The minimum absolute atomic E-state index is 0.0144. The smallest absolute Gasteiger partial charge is 0.270 e. The van der Waals surface area contributed by atoms with Gasteiger partial charge < -0.3 is 22.1 Å². The van der Waals surface area contributed by atoms with Crippen LogP contribution in [-0.2, 0) is 13.1 Å². The van der Waals surface area contributed by atoms with Crippen LogP contribution in [0.5, 0.6) is 0 Å². The molecule has 162 valence electrons. The molecular weight excluding hydrogens is 412 g/mol. The van der Waals surface area contributed by atoms with Gasteiger partial charge in [0.1, 0.15) is 22.8 Å². The van der Waals surface area contributed by atoms with Gasteiger partial charge in [0.15, 0.2) is 0 Å². The average Bonchev–Trinajstić information content (AvgIpc) is 2.81. The standard InChI is InChI=1S/C22H20N6O4/c23-19(29)15-3-1-5-17(27-15)21(31)25-11-13-7-9-14(10-8-13)12-26-22(32)18-6-2-4-16(28-18)20(24)30/h1-10H,11-12H2,(H2,23,29)(H2,24,30)(H,25,31)(H,26,32). The molecule has 0 fully saturated rings. The quantitative estimate of drug-likeness (QED) is 0.404. The Balaban J connectivity index is 1.53. The van der Waals surface area contributed by atoms with Crippen LogP contribution in [0.1, 0.15) is 53.1 Å². The van der Waals surface area contributed by atoms with E-state index < -0.39 is 23.6 Å². The van der Waals surface area contributed by atoms with Crippen molar-refractivity contribution in [2.24, 2.45) is 11.5 Å². The molecule has 10 nitrogen and oxygen atoms in total. The highest BCUT2D eigenvalue weighted by molar-refractivity contribution is 5.96. The Labute approximate surface area is 183 Å². The molecule has 0 aliphatic heterocycles. The van der Waals surface area contributed by atoms with Crippen LogP contribution in [0.15, 0.2) is 60.7 Å². The Morgan fingerprint density at radius 2 is 0.938 bits per heavy atom. The lowest BCUT2D eigenvalue weighted by molar-refractivity contribution is 0.0935. The third-order valence-corrected chi connectivity index (χ3v) is 4.40. The van der Waals surface area contributed by atoms with Crippen molar-refractivity contribution in [3.63, 3.8) is 0 Å². The second kappa shape index (κ2) is 9.94. The zero-order valence-corrected chi connectivity index (χ0v) is 16.9. The maximum absolute atomic E-state index is 12.2. The maximum Gasteiger partial charge on any atom is 0.270 e. The fourth-order valence-corrected chi connectivity index (χ4v) is 2.72. The second-order valence-electron chi connectivity index (χ2n) is 6.73. The summed E-state index contributed by atoms with van der Waals surface area (Å²) in [5, 5.41) is 5.44. The first-order valence-corrected chi connectivity index (χ1v) is 9.51. The monoisotopic (exact) mass is 432 g/mol. The number of nitrogens with one attached hydrogen (secondary N) is 2. The number of hydrogen-bond donors (Lipinski definition) is 4. The third-order valence-electron chi connectivity index (χ3n) is 4.40. The number of aromatic nitrogens is 2. The topological polar surface area (TPSA) is 170 Å².